The van der Waals surface area contributed by atoms with Crippen molar-refractivity contribution in [2.45, 2.75) is 45.4 Å². The van der Waals surface area contributed by atoms with E-state index in [4.69, 9.17) is 9.47 Å². The first kappa shape index (κ1) is 15.5. The van der Waals surface area contributed by atoms with Crippen molar-refractivity contribution in [1.82, 2.24) is 0 Å². The van der Waals surface area contributed by atoms with Crippen LogP contribution in [0.5, 0.6) is 5.75 Å². The Morgan fingerprint density at radius 3 is 2.37 bits per heavy atom. The minimum atomic E-state index is -0.162. The molecule has 1 unspecified atom stereocenters. The number of rotatable bonds is 8. The number of hydrogen-bond donors (Lipinski definition) is 0. The topological polar surface area (TPSA) is 35.5 Å². The number of methoxy groups -OCH3 is 1. The zero-order valence-electron chi connectivity index (χ0n) is 12.1. The van der Waals surface area contributed by atoms with Crippen LogP contribution in [0.4, 0.5) is 0 Å². The van der Waals surface area contributed by atoms with E-state index in [0.717, 1.165) is 43.6 Å². The van der Waals surface area contributed by atoms with Gasteiger partial charge in [0, 0.05) is 0 Å². The Hall–Kier alpha value is -1.51. The van der Waals surface area contributed by atoms with Gasteiger partial charge in [-0.3, -0.25) is 4.79 Å². The molecule has 0 aliphatic heterocycles. The molecule has 1 rings (SSSR count). The van der Waals surface area contributed by atoms with E-state index in [1.807, 2.05) is 24.3 Å². The molecule has 0 aromatic heterocycles. The van der Waals surface area contributed by atoms with E-state index >= 15 is 0 Å². The van der Waals surface area contributed by atoms with Gasteiger partial charge in [0.15, 0.2) is 0 Å². The van der Waals surface area contributed by atoms with Gasteiger partial charge >= 0.3 is 5.97 Å². The number of benzene rings is 1. The van der Waals surface area contributed by atoms with Crippen LogP contribution in [0, 0.1) is 0 Å². The molecule has 1 aromatic rings. The predicted octanol–water partition coefficient (Wildman–Crippen LogP) is 3.92. The molecular formula is C16H24O3. The summed E-state index contributed by atoms with van der Waals surface area (Å²) in [6, 6.07) is 7.77. The van der Waals surface area contributed by atoms with Crippen LogP contribution in [0.1, 0.15) is 51.0 Å². The minimum Gasteiger partial charge on any atom is -0.494 e. The molecule has 0 saturated carbocycles. The van der Waals surface area contributed by atoms with Crippen molar-refractivity contribution in [3.8, 4) is 5.75 Å². The number of esters is 1. The van der Waals surface area contributed by atoms with Gasteiger partial charge in [0.05, 0.1) is 19.6 Å². The van der Waals surface area contributed by atoms with Crippen LogP contribution in [-0.2, 0) is 9.53 Å². The fourth-order valence-corrected chi connectivity index (χ4v) is 1.99. The molecule has 0 aliphatic rings. The van der Waals surface area contributed by atoms with E-state index < -0.39 is 0 Å². The highest BCUT2D eigenvalue weighted by Gasteiger charge is 2.20. The first-order valence-corrected chi connectivity index (χ1v) is 7.03. The van der Waals surface area contributed by atoms with Crippen molar-refractivity contribution in [1.29, 1.82) is 0 Å². The summed E-state index contributed by atoms with van der Waals surface area (Å²) in [4.78, 5) is 11.8. The summed E-state index contributed by atoms with van der Waals surface area (Å²) in [5.74, 6) is 0.533. The second kappa shape index (κ2) is 8.57. The van der Waals surface area contributed by atoms with Crippen LogP contribution in [0.3, 0.4) is 0 Å². The van der Waals surface area contributed by atoms with Gasteiger partial charge in [-0.2, -0.15) is 0 Å². The minimum absolute atomic E-state index is 0.157. The van der Waals surface area contributed by atoms with Gasteiger partial charge < -0.3 is 9.47 Å². The smallest absolute Gasteiger partial charge is 0.313 e. The highest BCUT2D eigenvalue weighted by atomic mass is 16.5. The molecule has 3 nitrogen and oxygen atoms in total. The second-order valence-corrected chi connectivity index (χ2v) is 4.64. The zero-order chi connectivity index (χ0) is 14.1. The van der Waals surface area contributed by atoms with E-state index in [9.17, 15) is 4.79 Å². The summed E-state index contributed by atoms with van der Waals surface area (Å²) in [7, 11) is 1.44. The third-order valence-electron chi connectivity index (χ3n) is 3.09. The lowest BCUT2D eigenvalue weighted by atomic mass is 9.93. The Labute approximate surface area is 115 Å². The number of unbranched alkanes of at least 4 members (excludes halogenated alkanes) is 1. The maximum Gasteiger partial charge on any atom is 0.313 e. The molecule has 3 heteroatoms. The van der Waals surface area contributed by atoms with Gasteiger partial charge in [-0.15, -0.1) is 0 Å². The summed E-state index contributed by atoms with van der Waals surface area (Å²) in [5.41, 5.74) is 1.00. The number of ether oxygens (including phenoxy) is 2. The molecule has 0 bridgehead atoms. The molecule has 0 spiro atoms. The van der Waals surface area contributed by atoms with Gasteiger partial charge in [0.25, 0.3) is 0 Å². The number of hydrogen-bond acceptors (Lipinski definition) is 3. The van der Waals surface area contributed by atoms with Crippen molar-refractivity contribution in [3.63, 3.8) is 0 Å². The lowest BCUT2D eigenvalue weighted by Crippen LogP contribution is -2.14. The van der Waals surface area contributed by atoms with E-state index in [1.54, 1.807) is 0 Å². The molecule has 0 amide bonds. The Bertz CT molecular complexity index is 370. The largest absolute Gasteiger partial charge is 0.494 e. The Morgan fingerprint density at radius 1 is 1.16 bits per heavy atom. The zero-order valence-corrected chi connectivity index (χ0v) is 12.1. The molecule has 0 saturated heterocycles. The quantitative estimate of drug-likeness (QED) is 0.667. The highest BCUT2D eigenvalue weighted by Crippen LogP contribution is 2.25. The normalized spacial score (nSPS) is 11.9. The van der Waals surface area contributed by atoms with Gasteiger partial charge in [-0.1, -0.05) is 38.8 Å². The molecule has 1 atom stereocenters. The van der Waals surface area contributed by atoms with Crippen molar-refractivity contribution in [2.24, 2.45) is 0 Å². The molecule has 19 heavy (non-hydrogen) atoms. The molecule has 0 aliphatic carbocycles. The molecule has 0 fully saturated rings. The van der Waals surface area contributed by atoms with Crippen LogP contribution >= 0.6 is 0 Å². The van der Waals surface area contributed by atoms with Crippen LogP contribution < -0.4 is 4.74 Å². The summed E-state index contributed by atoms with van der Waals surface area (Å²) in [6.07, 6.45) is 3.92. The first-order valence-electron chi connectivity index (χ1n) is 7.03. The maximum atomic E-state index is 11.8. The Morgan fingerprint density at radius 2 is 1.84 bits per heavy atom. The summed E-state index contributed by atoms with van der Waals surface area (Å²) < 4.78 is 10.4. The molecular weight excluding hydrogens is 240 g/mol. The van der Waals surface area contributed by atoms with Crippen molar-refractivity contribution >= 4 is 5.97 Å². The fourth-order valence-electron chi connectivity index (χ4n) is 1.99. The van der Waals surface area contributed by atoms with Crippen LogP contribution in [0.25, 0.3) is 0 Å². The molecule has 0 heterocycles. The van der Waals surface area contributed by atoms with E-state index in [1.165, 1.54) is 7.11 Å². The number of carbonyl (C=O) groups is 1. The average Bonchev–Trinajstić information content (AvgIpc) is 2.46. The summed E-state index contributed by atoms with van der Waals surface area (Å²) >= 11 is 0. The van der Waals surface area contributed by atoms with E-state index in [2.05, 4.69) is 13.8 Å². The SMILES string of the molecule is CCCCC(C(=O)OC)c1ccc(OCCC)cc1. The third-order valence-corrected chi connectivity index (χ3v) is 3.09. The Kier molecular flexibility index (Phi) is 7.01. The van der Waals surface area contributed by atoms with Crippen molar-refractivity contribution in [3.05, 3.63) is 29.8 Å². The van der Waals surface area contributed by atoms with Gasteiger partial charge in [-0.05, 0) is 30.5 Å². The first-order chi connectivity index (χ1) is 9.22. The predicted molar refractivity (Wildman–Crippen MR) is 76.5 cm³/mol. The van der Waals surface area contributed by atoms with E-state index in [0.29, 0.717) is 0 Å². The van der Waals surface area contributed by atoms with E-state index in [-0.39, 0.29) is 11.9 Å². The molecule has 0 N–H and O–H groups in total. The average molecular weight is 264 g/mol. The fraction of sp³-hybridized carbons (Fsp3) is 0.562. The standard InChI is InChI=1S/C16H24O3/c1-4-6-7-15(16(17)18-3)13-8-10-14(11-9-13)19-12-5-2/h8-11,15H,4-7,12H2,1-3H3. The lowest BCUT2D eigenvalue weighted by molar-refractivity contribution is -0.142. The molecule has 1 aromatic carbocycles. The summed E-state index contributed by atoms with van der Waals surface area (Å²) in [5, 5.41) is 0. The lowest BCUT2D eigenvalue weighted by Gasteiger charge is -2.15. The maximum absolute atomic E-state index is 11.8. The number of carbonyl (C=O) groups excluding carboxylic acids is 1. The van der Waals surface area contributed by atoms with Crippen molar-refractivity contribution < 1.29 is 14.3 Å². The van der Waals surface area contributed by atoms with Crippen LogP contribution in [0.15, 0.2) is 24.3 Å². The van der Waals surface area contributed by atoms with Gasteiger partial charge in [0.2, 0.25) is 0 Å². The second-order valence-electron chi connectivity index (χ2n) is 4.64. The third kappa shape index (κ3) is 4.93. The van der Waals surface area contributed by atoms with Crippen molar-refractivity contribution in [2.75, 3.05) is 13.7 Å². The van der Waals surface area contributed by atoms with Gasteiger partial charge in [0.1, 0.15) is 5.75 Å². The molecule has 106 valence electrons. The summed E-state index contributed by atoms with van der Waals surface area (Å²) in [6.45, 7) is 4.91. The van der Waals surface area contributed by atoms with Gasteiger partial charge in [-0.25, -0.2) is 0 Å². The van der Waals surface area contributed by atoms with Crippen LogP contribution in [-0.4, -0.2) is 19.7 Å². The highest BCUT2D eigenvalue weighted by molar-refractivity contribution is 5.78. The van der Waals surface area contributed by atoms with Crippen LogP contribution in [0.2, 0.25) is 0 Å². The Balaban J connectivity index is 2.75. The molecule has 0 radical (unpaired) electrons. The monoisotopic (exact) mass is 264 g/mol.